The largest absolute Gasteiger partial charge is 0.456 e. The van der Waals surface area contributed by atoms with E-state index in [-0.39, 0.29) is 0 Å². The fourth-order valence-electron chi connectivity index (χ4n) is 5.13. The van der Waals surface area contributed by atoms with E-state index in [1.54, 1.807) is 0 Å². The van der Waals surface area contributed by atoms with Crippen molar-refractivity contribution in [3.8, 4) is 11.5 Å². The van der Waals surface area contributed by atoms with Crippen LogP contribution in [0, 0.1) is 0 Å². The van der Waals surface area contributed by atoms with Gasteiger partial charge in [0.15, 0.2) is 14.3 Å². The molecule has 0 saturated carbocycles. The Morgan fingerprint density at radius 1 is 0.349 bits per heavy atom. The fraction of sp³-hybridized carbons (Fsp3) is 0.0526. The van der Waals surface area contributed by atoms with Gasteiger partial charge >= 0.3 is 0 Å². The molecule has 0 aromatic heterocycles. The van der Waals surface area contributed by atoms with Crippen molar-refractivity contribution in [2.75, 3.05) is 0 Å². The summed E-state index contributed by atoms with van der Waals surface area (Å²) in [6, 6.07) is 53.0. The number of hydrogen-bond acceptors (Lipinski definition) is 3. The van der Waals surface area contributed by atoms with Crippen molar-refractivity contribution in [2.24, 2.45) is 0 Å². The van der Waals surface area contributed by atoms with E-state index >= 15 is 9.13 Å². The molecule has 5 heteroatoms. The molecule has 43 heavy (non-hydrogen) atoms. The van der Waals surface area contributed by atoms with Gasteiger partial charge in [-0.3, -0.25) is 0 Å². The summed E-state index contributed by atoms with van der Waals surface area (Å²) in [5.74, 6) is 0.923. The smallest absolute Gasteiger partial charge is 0.174 e. The van der Waals surface area contributed by atoms with Crippen molar-refractivity contribution in [1.29, 1.82) is 0 Å². The summed E-state index contributed by atoms with van der Waals surface area (Å²) in [5.41, 5.74) is 0. The molecule has 6 aromatic rings. The minimum atomic E-state index is -3.32. The Labute approximate surface area is 254 Å². The highest BCUT2D eigenvalue weighted by Gasteiger charge is 2.35. The zero-order valence-corrected chi connectivity index (χ0v) is 26.1. The molecule has 0 aliphatic heterocycles. The van der Waals surface area contributed by atoms with E-state index in [2.05, 4.69) is 0 Å². The van der Waals surface area contributed by atoms with E-state index in [4.69, 9.17) is 4.74 Å². The topological polar surface area (TPSA) is 43.4 Å². The van der Waals surface area contributed by atoms with E-state index in [1.807, 2.05) is 184 Å². The van der Waals surface area contributed by atoms with Gasteiger partial charge in [0.25, 0.3) is 0 Å². The fourth-order valence-corrected chi connectivity index (χ4v) is 10.7. The SMILES string of the molecule is CC.O=P(c1ccccc1)(c1ccccc1)c1ccccc1Oc1ccccc1P(=O)(c1ccccc1)c1ccccc1. The van der Waals surface area contributed by atoms with E-state index in [9.17, 15) is 0 Å². The van der Waals surface area contributed by atoms with Gasteiger partial charge in [-0.2, -0.15) is 0 Å². The summed E-state index contributed by atoms with van der Waals surface area (Å²) < 4.78 is 37.1. The third-order valence-corrected chi connectivity index (χ3v) is 13.3. The first kappa shape index (κ1) is 30.1. The lowest BCUT2D eigenvalue weighted by atomic mass is 10.3. The highest BCUT2D eigenvalue weighted by atomic mass is 31.2. The van der Waals surface area contributed by atoms with Crippen LogP contribution in [0.3, 0.4) is 0 Å². The van der Waals surface area contributed by atoms with Crippen molar-refractivity contribution in [2.45, 2.75) is 13.8 Å². The second-order valence-corrected chi connectivity index (χ2v) is 15.1. The van der Waals surface area contributed by atoms with E-state index in [1.165, 1.54) is 0 Å². The lowest BCUT2D eigenvalue weighted by Crippen LogP contribution is -2.27. The Hall–Kier alpha value is -4.42. The molecular weight excluding hydrogens is 566 g/mol. The quantitative estimate of drug-likeness (QED) is 0.168. The Balaban J connectivity index is 0.00000180. The molecular formula is C38H34O3P2. The van der Waals surface area contributed by atoms with Crippen molar-refractivity contribution >= 4 is 46.1 Å². The van der Waals surface area contributed by atoms with Crippen LogP contribution in [0.1, 0.15) is 13.8 Å². The average molecular weight is 601 g/mol. The van der Waals surface area contributed by atoms with Crippen LogP contribution in [0.5, 0.6) is 11.5 Å². The van der Waals surface area contributed by atoms with Crippen molar-refractivity contribution in [3.05, 3.63) is 170 Å². The summed E-state index contributed by atoms with van der Waals surface area (Å²) in [6.45, 7) is 4.00. The molecule has 6 rings (SSSR count). The predicted octanol–water partition coefficient (Wildman–Crippen LogP) is 7.78. The lowest BCUT2D eigenvalue weighted by molar-refractivity contribution is 0.489. The molecule has 0 unspecified atom stereocenters. The first-order valence-electron chi connectivity index (χ1n) is 14.4. The molecule has 0 saturated heterocycles. The third kappa shape index (κ3) is 5.93. The second kappa shape index (κ2) is 13.7. The van der Waals surface area contributed by atoms with Crippen LogP contribution in [0.15, 0.2) is 170 Å². The number of hydrogen-bond donors (Lipinski definition) is 0. The summed E-state index contributed by atoms with van der Waals surface area (Å²) in [6.07, 6.45) is 0. The number of ether oxygens (including phenoxy) is 1. The Bertz CT molecular complexity index is 1630. The zero-order valence-electron chi connectivity index (χ0n) is 24.3. The standard InChI is InChI=1S/C36H28O3P2.C2H6/c37-40(29-17-5-1-6-18-29,30-19-7-2-8-20-30)35-27-15-13-25-33(35)39-34-26-14-16-28-36(34)41(38,31-21-9-3-10-22-31)32-23-11-4-12-24-32;1-2/h1-28H;1-2H3. The van der Waals surface area contributed by atoms with E-state index < -0.39 is 14.3 Å². The molecule has 0 aliphatic carbocycles. The highest BCUT2D eigenvalue weighted by Crippen LogP contribution is 2.48. The summed E-state index contributed by atoms with van der Waals surface area (Å²) >= 11 is 0. The Morgan fingerprint density at radius 2 is 0.581 bits per heavy atom. The van der Waals surface area contributed by atoms with Crippen molar-refractivity contribution in [3.63, 3.8) is 0 Å². The molecule has 0 atom stereocenters. The van der Waals surface area contributed by atoms with Gasteiger partial charge in [0, 0.05) is 21.2 Å². The molecule has 0 fully saturated rings. The molecule has 0 bridgehead atoms. The van der Waals surface area contributed by atoms with Crippen molar-refractivity contribution in [1.82, 2.24) is 0 Å². The summed E-state index contributed by atoms with van der Waals surface area (Å²) in [7, 11) is -6.63. The van der Waals surface area contributed by atoms with Crippen LogP contribution in [0.4, 0.5) is 0 Å². The molecule has 3 nitrogen and oxygen atoms in total. The number of benzene rings is 6. The highest BCUT2D eigenvalue weighted by molar-refractivity contribution is 7.86. The van der Waals surface area contributed by atoms with Crippen LogP contribution >= 0.6 is 14.3 Å². The van der Waals surface area contributed by atoms with Crippen LogP contribution in [-0.2, 0) is 9.13 Å². The van der Waals surface area contributed by atoms with E-state index in [0.29, 0.717) is 22.1 Å². The molecule has 0 amide bonds. The third-order valence-electron chi connectivity index (χ3n) is 7.11. The first-order valence-corrected chi connectivity index (χ1v) is 17.8. The minimum Gasteiger partial charge on any atom is -0.456 e. The van der Waals surface area contributed by atoms with Gasteiger partial charge < -0.3 is 13.9 Å². The maximum absolute atomic E-state index is 15.2. The molecule has 0 heterocycles. The summed E-state index contributed by atoms with van der Waals surface area (Å²) in [5, 5.41) is 4.04. The lowest BCUT2D eigenvalue weighted by Gasteiger charge is -2.25. The minimum absolute atomic E-state index is 0.462. The maximum Gasteiger partial charge on any atom is 0.174 e. The average Bonchev–Trinajstić information content (AvgIpc) is 3.10. The van der Waals surface area contributed by atoms with Gasteiger partial charge in [-0.1, -0.05) is 159 Å². The Morgan fingerprint density at radius 3 is 0.860 bits per heavy atom. The molecule has 0 aliphatic rings. The van der Waals surface area contributed by atoms with Crippen LogP contribution in [0.2, 0.25) is 0 Å². The predicted molar refractivity (Wildman–Crippen MR) is 183 cm³/mol. The van der Waals surface area contributed by atoms with Crippen LogP contribution in [0.25, 0.3) is 0 Å². The van der Waals surface area contributed by atoms with Gasteiger partial charge in [0.05, 0.1) is 10.6 Å². The normalized spacial score (nSPS) is 11.2. The molecule has 214 valence electrons. The second-order valence-electron chi connectivity index (χ2n) is 9.60. The van der Waals surface area contributed by atoms with Gasteiger partial charge in [0.1, 0.15) is 11.5 Å². The van der Waals surface area contributed by atoms with E-state index in [0.717, 1.165) is 21.2 Å². The van der Waals surface area contributed by atoms with Crippen LogP contribution < -0.4 is 36.6 Å². The molecule has 0 radical (unpaired) electrons. The van der Waals surface area contributed by atoms with Crippen molar-refractivity contribution < 1.29 is 13.9 Å². The molecule has 0 spiro atoms. The molecule has 6 aromatic carbocycles. The first-order chi connectivity index (χ1) is 21.1. The maximum atomic E-state index is 15.2. The summed E-state index contributed by atoms with van der Waals surface area (Å²) in [4.78, 5) is 0. The Kier molecular flexibility index (Phi) is 9.58. The molecule has 0 N–H and O–H groups in total. The number of para-hydroxylation sites is 2. The van der Waals surface area contributed by atoms with Crippen LogP contribution in [-0.4, -0.2) is 0 Å². The van der Waals surface area contributed by atoms with Gasteiger partial charge in [0.2, 0.25) is 0 Å². The van der Waals surface area contributed by atoms with Gasteiger partial charge in [-0.25, -0.2) is 0 Å². The monoisotopic (exact) mass is 600 g/mol. The van der Waals surface area contributed by atoms with Gasteiger partial charge in [-0.15, -0.1) is 0 Å². The van der Waals surface area contributed by atoms with Gasteiger partial charge in [-0.05, 0) is 24.3 Å². The number of rotatable bonds is 8. The zero-order chi connectivity index (χ0) is 30.1.